The van der Waals surface area contributed by atoms with Gasteiger partial charge in [-0.2, -0.15) is 0 Å². The molecule has 0 aliphatic heterocycles. The van der Waals surface area contributed by atoms with Crippen LogP contribution < -0.4 is 4.74 Å². The molecule has 31 heavy (non-hydrogen) atoms. The summed E-state index contributed by atoms with van der Waals surface area (Å²) < 4.78 is 13.1. The molecule has 4 aromatic rings. The van der Waals surface area contributed by atoms with Crippen molar-refractivity contribution in [1.82, 2.24) is 14.5 Å². The molecule has 0 saturated carbocycles. The maximum absolute atomic E-state index is 12.5. The normalized spacial score (nSPS) is 11.1. The van der Waals surface area contributed by atoms with Gasteiger partial charge in [0.2, 0.25) is 0 Å². The number of esters is 1. The molecule has 0 spiro atoms. The highest BCUT2D eigenvalue weighted by Crippen LogP contribution is 2.35. The summed E-state index contributed by atoms with van der Waals surface area (Å²) in [5.74, 6) is 1.46. The number of hydrogen-bond donors (Lipinski definition) is 0. The third-order valence-electron chi connectivity index (χ3n) is 5.35. The van der Waals surface area contributed by atoms with Crippen molar-refractivity contribution >= 4 is 28.3 Å². The fourth-order valence-electron chi connectivity index (χ4n) is 3.48. The van der Waals surface area contributed by atoms with Crippen LogP contribution in [0.5, 0.6) is 5.75 Å². The predicted molar refractivity (Wildman–Crippen MR) is 123 cm³/mol. The first-order valence-electron chi connectivity index (χ1n) is 10.0. The van der Waals surface area contributed by atoms with Gasteiger partial charge in [-0.1, -0.05) is 12.1 Å². The maximum Gasteiger partial charge on any atom is 0.311 e. The number of ether oxygens (including phenoxy) is 2. The molecule has 0 amide bonds. The highest BCUT2D eigenvalue weighted by molar-refractivity contribution is 7.15. The SMILES string of the molecule is COc1cc(C)ccc1-c1nc(C)c(CC(=O)OCc2ccc3c(c2)nc(C)n3C)s1. The molecular weight excluding hydrogens is 410 g/mol. The molecule has 0 aliphatic carbocycles. The largest absolute Gasteiger partial charge is 0.496 e. The van der Waals surface area contributed by atoms with Crippen LogP contribution in [0.3, 0.4) is 0 Å². The van der Waals surface area contributed by atoms with Crippen LogP contribution >= 0.6 is 11.3 Å². The first-order valence-corrected chi connectivity index (χ1v) is 10.9. The highest BCUT2D eigenvalue weighted by Gasteiger charge is 2.17. The van der Waals surface area contributed by atoms with E-state index in [0.717, 1.165) is 54.9 Å². The number of fused-ring (bicyclic) bond motifs is 1. The summed E-state index contributed by atoms with van der Waals surface area (Å²) >= 11 is 1.50. The number of carbonyl (C=O) groups excluding carboxylic acids is 1. The Kier molecular flexibility index (Phi) is 5.78. The van der Waals surface area contributed by atoms with Crippen LogP contribution in [0, 0.1) is 20.8 Å². The summed E-state index contributed by atoms with van der Waals surface area (Å²) in [6, 6.07) is 12.0. The van der Waals surface area contributed by atoms with Gasteiger partial charge in [0.1, 0.15) is 23.2 Å². The van der Waals surface area contributed by atoms with Crippen molar-refractivity contribution in [2.75, 3.05) is 7.11 Å². The Bertz CT molecular complexity index is 1270. The number of thiazole rings is 1. The molecule has 7 heteroatoms. The minimum Gasteiger partial charge on any atom is -0.496 e. The molecule has 4 rings (SSSR count). The average Bonchev–Trinajstić information content (AvgIpc) is 3.24. The molecule has 6 nitrogen and oxygen atoms in total. The van der Waals surface area contributed by atoms with Crippen molar-refractivity contribution in [3.8, 4) is 16.3 Å². The molecule has 0 radical (unpaired) electrons. The van der Waals surface area contributed by atoms with Crippen LogP contribution in [0.4, 0.5) is 0 Å². The Hall–Kier alpha value is -3.19. The van der Waals surface area contributed by atoms with E-state index < -0.39 is 0 Å². The number of aromatic nitrogens is 3. The number of hydrogen-bond acceptors (Lipinski definition) is 6. The van der Waals surface area contributed by atoms with E-state index in [2.05, 4.69) is 9.97 Å². The van der Waals surface area contributed by atoms with Gasteiger partial charge in [-0.25, -0.2) is 9.97 Å². The number of nitrogens with zero attached hydrogens (tertiary/aromatic N) is 3. The Labute approximate surface area is 185 Å². The predicted octanol–water partition coefficient (Wildman–Crippen LogP) is 4.92. The van der Waals surface area contributed by atoms with Gasteiger partial charge in [-0.3, -0.25) is 4.79 Å². The second-order valence-corrected chi connectivity index (χ2v) is 8.69. The Morgan fingerprint density at radius 2 is 1.90 bits per heavy atom. The molecule has 0 saturated heterocycles. The number of rotatable bonds is 6. The first kappa shape index (κ1) is 21.1. The number of benzene rings is 2. The Balaban J connectivity index is 1.45. The Morgan fingerprint density at radius 3 is 2.68 bits per heavy atom. The van der Waals surface area contributed by atoms with Gasteiger partial charge < -0.3 is 14.0 Å². The molecule has 0 fully saturated rings. The van der Waals surface area contributed by atoms with Crippen molar-refractivity contribution in [1.29, 1.82) is 0 Å². The lowest BCUT2D eigenvalue weighted by molar-refractivity contribution is -0.144. The van der Waals surface area contributed by atoms with Crippen LogP contribution in [-0.2, 0) is 29.6 Å². The molecule has 0 bridgehead atoms. The minimum atomic E-state index is -0.272. The first-order chi connectivity index (χ1) is 14.9. The van der Waals surface area contributed by atoms with Gasteiger partial charge in [0, 0.05) is 11.9 Å². The van der Waals surface area contributed by atoms with Crippen molar-refractivity contribution in [3.05, 3.63) is 63.9 Å². The molecule has 0 atom stereocenters. The molecule has 2 aromatic carbocycles. The van der Waals surface area contributed by atoms with E-state index in [1.807, 2.05) is 68.8 Å². The molecule has 0 aliphatic rings. The summed E-state index contributed by atoms with van der Waals surface area (Å²) in [6.45, 7) is 6.13. The molecule has 2 heterocycles. The van der Waals surface area contributed by atoms with Crippen molar-refractivity contribution in [3.63, 3.8) is 0 Å². The molecule has 2 aromatic heterocycles. The highest BCUT2D eigenvalue weighted by atomic mass is 32.1. The van der Waals surface area contributed by atoms with Gasteiger partial charge in [-0.15, -0.1) is 11.3 Å². The van der Waals surface area contributed by atoms with Crippen molar-refractivity contribution < 1.29 is 14.3 Å². The lowest BCUT2D eigenvalue weighted by atomic mass is 10.1. The summed E-state index contributed by atoms with van der Waals surface area (Å²) in [4.78, 5) is 22.6. The lowest BCUT2D eigenvalue weighted by Gasteiger charge is -2.06. The molecule has 0 unspecified atom stereocenters. The minimum absolute atomic E-state index is 0.197. The van der Waals surface area contributed by atoms with Gasteiger partial charge >= 0.3 is 5.97 Å². The van der Waals surface area contributed by atoms with E-state index in [-0.39, 0.29) is 19.0 Å². The topological polar surface area (TPSA) is 66.2 Å². The van der Waals surface area contributed by atoms with Crippen LogP contribution in [0.1, 0.15) is 27.5 Å². The van der Waals surface area contributed by atoms with Gasteiger partial charge in [-0.05, 0) is 56.2 Å². The van der Waals surface area contributed by atoms with Crippen molar-refractivity contribution in [2.24, 2.45) is 7.05 Å². The quantitative estimate of drug-likeness (QED) is 0.402. The van der Waals surface area contributed by atoms with E-state index in [4.69, 9.17) is 9.47 Å². The van der Waals surface area contributed by atoms with E-state index >= 15 is 0 Å². The Morgan fingerprint density at radius 1 is 1.10 bits per heavy atom. The molecular formula is C24H25N3O3S. The monoisotopic (exact) mass is 435 g/mol. The summed E-state index contributed by atoms with van der Waals surface area (Å²) in [6.07, 6.45) is 0.197. The standard InChI is InChI=1S/C24H25N3O3S/c1-14-6-8-18(21(10-14)29-5)24-25-15(2)22(31-24)12-23(28)30-13-17-7-9-20-19(11-17)26-16(3)27(20)4/h6-11H,12-13H2,1-5H3. The van der Waals surface area contributed by atoms with E-state index in [1.165, 1.54) is 11.3 Å². The summed E-state index contributed by atoms with van der Waals surface area (Å²) in [7, 11) is 3.64. The van der Waals surface area contributed by atoms with Gasteiger partial charge in [0.25, 0.3) is 0 Å². The zero-order valence-corrected chi connectivity index (χ0v) is 19.2. The molecule has 160 valence electrons. The maximum atomic E-state index is 12.5. The van der Waals surface area contributed by atoms with Crippen LogP contribution in [-0.4, -0.2) is 27.6 Å². The van der Waals surface area contributed by atoms with E-state index in [0.29, 0.717) is 0 Å². The van der Waals surface area contributed by atoms with Gasteiger partial charge in [0.15, 0.2) is 0 Å². The number of carbonyl (C=O) groups is 1. The smallest absolute Gasteiger partial charge is 0.311 e. The lowest BCUT2D eigenvalue weighted by Crippen LogP contribution is -2.07. The van der Waals surface area contributed by atoms with E-state index in [9.17, 15) is 4.79 Å². The zero-order valence-electron chi connectivity index (χ0n) is 18.4. The molecule has 0 N–H and O–H groups in total. The fourth-order valence-corrected chi connectivity index (χ4v) is 4.56. The summed E-state index contributed by atoms with van der Waals surface area (Å²) in [5.41, 5.74) is 5.78. The van der Waals surface area contributed by atoms with Crippen LogP contribution in [0.25, 0.3) is 21.6 Å². The van der Waals surface area contributed by atoms with Crippen LogP contribution in [0.2, 0.25) is 0 Å². The number of imidazole rings is 1. The fraction of sp³-hybridized carbons (Fsp3) is 0.292. The van der Waals surface area contributed by atoms with Gasteiger partial charge in [0.05, 0.1) is 35.8 Å². The van der Waals surface area contributed by atoms with Crippen LogP contribution in [0.15, 0.2) is 36.4 Å². The summed E-state index contributed by atoms with van der Waals surface area (Å²) in [5, 5.41) is 0.841. The third-order valence-corrected chi connectivity index (χ3v) is 6.54. The third kappa shape index (κ3) is 4.32. The second-order valence-electron chi connectivity index (χ2n) is 7.61. The zero-order chi connectivity index (χ0) is 22.1. The second kappa shape index (κ2) is 8.51. The van der Waals surface area contributed by atoms with E-state index in [1.54, 1.807) is 7.11 Å². The number of aryl methyl sites for hydroxylation is 4. The average molecular weight is 436 g/mol. The number of methoxy groups -OCH3 is 1. The van der Waals surface area contributed by atoms with Crippen molar-refractivity contribution in [2.45, 2.75) is 33.8 Å².